The van der Waals surface area contributed by atoms with Gasteiger partial charge in [0.1, 0.15) is 0 Å². The monoisotopic (exact) mass is 219 g/mol. The van der Waals surface area contributed by atoms with Gasteiger partial charge >= 0.3 is 0 Å². The van der Waals surface area contributed by atoms with Crippen LogP contribution in [-0.2, 0) is 9.59 Å². The van der Waals surface area contributed by atoms with E-state index in [-0.39, 0.29) is 5.91 Å². The van der Waals surface area contributed by atoms with Crippen molar-refractivity contribution >= 4 is 17.5 Å². The minimum atomic E-state index is -0.468. The summed E-state index contributed by atoms with van der Waals surface area (Å²) in [5, 5.41) is 0. The summed E-state index contributed by atoms with van der Waals surface area (Å²) in [5.74, 6) is -0.911. The summed E-state index contributed by atoms with van der Waals surface area (Å²) in [6.07, 6.45) is 2.36. The molecule has 0 aliphatic carbocycles. The number of rotatable bonds is 1. The van der Waals surface area contributed by atoms with Crippen LogP contribution < -0.4 is 10.6 Å². The molecule has 1 unspecified atom stereocenters. The fraction of sp³-hybridized carbons (Fsp3) is 0.364. The Morgan fingerprint density at radius 1 is 1.62 bits per heavy atom. The summed E-state index contributed by atoms with van der Waals surface area (Å²) in [4.78, 5) is 28.7. The number of hydrogen-bond acceptors (Lipinski definition) is 3. The van der Waals surface area contributed by atoms with Crippen LogP contribution in [0.2, 0.25) is 0 Å². The molecule has 2 amide bonds. The summed E-state index contributed by atoms with van der Waals surface area (Å²) in [5.41, 5.74) is 6.61. The highest BCUT2D eigenvalue weighted by molar-refractivity contribution is 5.96. The highest BCUT2D eigenvalue weighted by atomic mass is 16.2. The number of hydrogen-bond donors (Lipinski definition) is 1. The van der Waals surface area contributed by atoms with Crippen LogP contribution in [0.1, 0.15) is 24.5 Å². The van der Waals surface area contributed by atoms with Crippen LogP contribution in [0.5, 0.6) is 0 Å². The van der Waals surface area contributed by atoms with Crippen LogP contribution >= 0.6 is 0 Å². The van der Waals surface area contributed by atoms with E-state index in [0.29, 0.717) is 24.2 Å². The first-order valence-electron chi connectivity index (χ1n) is 5.12. The second-order valence-corrected chi connectivity index (χ2v) is 3.85. The van der Waals surface area contributed by atoms with E-state index in [4.69, 9.17) is 5.73 Å². The zero-order valence-electron chi connectivity index (χ0n) is 9.01. The number of aromatic nitrogens is 1. The molecule has 84 valence electrons. The zero-order valence-corrected chi connectivity index (χ0v) is 9.01. The van der Waals surface area contributed by atoms with E-state index in [1.165, 1.54) is 4.90 Å². The molecule has 0 bridgehead atoms. The Balaban J connectivity index is 2.54. The number of primary amides is 1. The second kappa shape index (κ2) is 3.92. The summed E-state index contributed by atoms with van der Waals surface area (Å²) in [7, 11) is 1.69. The second-order valence-electron chi connectivity index (χ2n) is 3.85. The molecule has 1 aliphatic heterocycles. The Morgan fingerprint density at radius 2 is 2.38 bits per heavy atom. The van der Waals surface area contributed by atoms with Crippen molar-refractivity contribution in [3.8, 4) is 0 Å². The van der Waals surface area contributed by atoms with Crippen molar-refractivity contribution in [2.45, 2.75) is 18.8 Å². The fourth-order valence-corrected chi connectivity index (χ4v) is 1.94. The molecule has 1 aromatic rings. The van der Waals surface area contributed by atoms with E-state index in [1.807, 2.05) is 0 Å². The number of amides is 2. The molecule has 0 saturated heterocycles. The minimum absolute atomic E-state index is 0.0157. The van der Waals surface area contributed by atoms with Crippen LogP contribution in [-0.4, -0.2) is 23.8 Å². The molecule has 2 N–H and O–H groups in total. The van der Waals surface area contributed by atoms with Gasteiger partial charge in [-0.05, 0) is 18.6 Å². The first-order chi connectivity index (χ1) is 7.61. The van der Waals surface area contributed by atoms with E-state index in [9.17, 15) is 9.59 Å². The smallest absolute Gasteiger partial charge is 0.226 e. The predicted molar refractivity (Wildman–Crippen MR) is 58.8 cm³/mol. The molecule has 0 radical (unpaired) electrons. The SMILES string of the molecule is CN1C(=O)CCC(C(N)=O)c2ncccc21. The van der Waals surface area contributed by atoms with Gasteiger partial charge in [-0.25, -0.2) is 0 Å². The molecule has 2 heterocycles. The van der Waals surface area contributed by atoms with E-state index in [0.717, 1.165) is 0 Å². The molecular weight excluding hydrogens is 206 g/mol. The van der Waals surface area contributed by atoms with Gasteiger partial charge in [0.25, 0.3) is 0 Å². The van der Waals surface area contributed by atoms with Crippen LogP contribution in [0.15, 0.2) is 18.3 Å². The maximum atomic E-state index is 11.7. The van der Waals surface area contributed by atoms with Crippen molar-refractivity contribution in [3.05, 3.63) is 24.0 Å². The van der Waals surface area contributed by atoms with Gasteiger partial charge in [0.05, 0.1) is 17.3 Å². The maximum absolute atomic E-state index is 11.7. The third-order valence-electron chi connectivity index (χ3n) is 2.87. The molecule has 5 nitrogen and oxygen atoms in total. The van der Waals surface area contributed by atoms with Crippen molar-refractivity contribution in [3.63, 3.8) is 0 Å². The molecule has 1 aliphatic rings. The number of nitrogens with zero attached hydrogens (tertiary/aromatic N) is 2. The van der Waals surface area contributed by atoms with Gasteiger partial charge in [-0.2, -0.15) is 0 Å². The van der Waals surface area contributed by atoms with Crippen molar-refractivity contribution in [1.29, 1.82) is 0 Å². The Kier molecular flexibility index (Phi) is 2.60. The number of nitrogens with two attached hydrogens (primary N) is 1. The van der Waals surface area contributed by atoms with Gasteiger partial charge < -0.3 is 10.6 Å². The van der Waals surface area contributed by atoms with E-state index < -0.39 is 11.8 Å². The predicted octanol–water partition coefficient (Wildman–Crippen LogP) is 0.407. The molecule has 5 heteroatoms. The maximum Gasteiger partial charge on any atom is 0.226 e. The first kappa shape index (κ1) is 10.6. The van der Waals surface area contributed by atoms with Crippen molar-refractivity contribution in [2.24, 2.45) is 5.73 Å². The molecule has 1 aromatic heterocycles. The van der Waals surface area contributed by atoms with Gasteiger partial charge in [0, 0.05) is 19.7 Å². The molecule has 16 heavy (non-hydrogen) atoms. The minimum Gasteiger partial charge on any atom is -0.369 e. The van der Waals surface area contributed by atoms with Gasteiger partial charge in [-0.15, -0.1) is 0 Å². The number of anilines is 1. The Bertz CT molecular complexity index is 445. The average Bonchev–Trinajstić information content (AvgIpc) is 2.39. The van der Waals surface area contributed by atoms with Crippen LogP contribution in [0.4, 0.5) is 5.69 Å². The first-order valence-corrected chi connectivity index (χ1v) is 5.12. The molecule has 2 rings (SSSR count). The highest BCUT2D eigenvalue weighted by Gasteiger charge is 2.29. The summed E-state index contributed by atoms with van der Waals surface area (Å²) >= 11 is 0. The summed E-state index contributed by atoms with van der Waals surface area (Å²) in [6.45, 7) is 0. The fourth-order valence-electron chi connectivity index (χ4n) is 1.94. The standard InChI is InChI=1S/C11H13N3O2/c1-14-8-3-2-6-13-10(8)7(11(12)16)4-5-9(14)15/h2-3,6-7H,4-5H2,1H3,(H2,12,16). The van der Waals surface area contributed by atoms with Crippen molar-refractivity contribution in [2.75, 3.05) is 11.9 Å². The Hall–Kier alpha value is -1.91. The van der Waals surface area contributed by atoms with E-state index in [1.54, 1.807) is 25.4 Å². The molecule has 0 spiro atoms. The number of carbonyl (C=O) groups is 2. The Labute approximate surface area is 93.3 Å². The highest BCUT2D eigenvalue weighted by Crippen LogP contribution is 2.31. The average molecular weight is 219 g/mol. The third kappa shape index (κ3) is 1.64. The quantitative estimate of drug-likeness (QED) is 0.743. The van der Waals surface area contributed by atoms with Crippen molar-refractivity contribution < 1.29 is 9.59 Å². The lowest BCUT2D eigenvalue weighted by atomic mass is 9.98. The number of carbonyl (C=O) groups excluding carboxylic acids is 2. The Morgan fingerprint density at radius 3 is 3.06 bits per heavy atom. The lowest BCUT2D eigenvalue weighted by molar-refractivity contribution is -0.120. The van der Waals surface area contributed by atoms with Crippen molar-refractivity contribution in [1.82, 2.24) is 4.98 Å². The zero-order chi connectivity index (χ0) is 11.7. The van der Waals surface area contributed by atoms with Gasteiger partial charge in [0.15, 0.2) is 0 Å². The molecule has 0 aromatic carbocycles. The summed E-state index contributed by atoms with van der Waals surface area (Å²) < 4.78 is 0. The number of pyridine rings is 1. The van der Waals surface area contributed by atoms with Crippen LogP contribution in [0.3, 0.4) is 0 Å². The normalized spacial score (nSPS) is 20.2. The van der Waals surface area contributed by atoms with Gasteiger partial charge in [0.2, 0.25) is 11.8 Å². The lowest BCUT2D eigenvalue weighted by Gasteiger charge is -2.17. The van der Waals surface area contributed by atoms with Crippen LogP contribution in [0.25, 0.3) is 0 Å². The van der Waals surface area contributed by atoms with Gasteiger partial charge in [-0.1, -0.05) is 0 Å². The van der Waals surface area contributed by atoms with Gasteiger partial charge in [-0.3, -0.25) is 14.6 Å². The van der Waals surface area contributed by atoms with Crippen LogP contribution in [0, 0.1) is 0 Å². The van der Waals surface area contributed by atoms with E-state index in [2.05, 4.69) is 4.98 Å². The molecule has 1 atom stereocenters. The summed E-state index contributed by atoms with van der Waals surface area (Å²) in [6, 6.07) is 3.52. The van der Waals surface area contributed by atoms with E-state index >= 15 is 0 Å². The molecule has 0 fully saturated rings. The number of fused-ring (bicyclic) bond motifs is 1. The largest absolute Gasteiger partial charge is 0.369 e. The third-order valence-corrected chi connectivity index (χ3v) is 2.87. The lowest BCUT2D eigenvalue weighted by Crippen LogP contribution is -2.25. The molecular formula is C11H13N3O2. The molecule has 0 saturated carbocycles. The topological polar surface area (TPSA) is 76.3 Å².